The van der Waals surface area contributed by atoms with Crippen molar-refractivity contribution in [2.45, 2.75) is 39.2 Å². The van der Waals surface area contributed by atoms with Crippen LogP contribution in [0.1, 0.15) is 47.7 Å². The van der Waals surface area contributed by atoms with Crippen molar-refractivity contribution in [1.29, 1.82) is 0 Å². The zero-order valence-corrected chi connectivity index (χ0v) is 16.6. The van der Waals surface area contributed by atoms with E-state index in [2.05, 4.69) is 5.32 Å². The molecule has 2 aliphatic heterocycles. The molecule has 2 aliphatic rings. The van der Waals surface area contributed by atoms with Crippen LogP contribution in [-0.2, 0) is 22.6 Å². The quantitative estimate of drug-likeness (QED) is 0.871. The molecule has 3 amide bonds. The number of carbonyl (C=O) groups excluding carboxylic acids is 3. The Morgan fingerprint density at radius 1 is 1.03 bits per heavy atom. The molecule has 1 saturated heterocycles. The zero-order chi connectivity index (χ0) is 20.4. The number of nitrogens with one attached hydrogen (secondary N) is 1. The van der Waals surface area contributed by atoms with Crippen LogP contribution >= 0.6 is 0 Å². The average Bonchev–Trinajstić information content (AvgIpc) is 3.16. The first-order chi connectivity index (χ1) is 14.0. The lowest BCUT2D eigenvalue weighted by molar-refractivity contribution is -0.119. The average molecular weight is 391 g/mol. The Kier molecular flexibility index (Phi) is 5.34. The van der Waals surface area contributed by atoms with Crippen LogP contribution < -0.4 is 15.1 Å². The summed E-state index contributed by atoms with van der Waals surface area (Å²) in [6.45, 7) is 3.37. The summed E-state index contributed by atoms with van der Waals surface area (Å²) >= 11 is 0. The van der Waals surface area contributed by atoms with E-state index in [1.807, 2.05) is 41.3 Å². The molecule has 0 atom stereocenters. The second-order valence-corrected chi connectivity index (χ2v) is 7.62. The van der Waals surface area contributed by atoms with Crippen LogP contribution in [0, 0.1) is 0 Å². The maximum atomic E-state index is 12.6. The monoisotopic (exact) mass is 391 g/mol. The Morgan fingerprint density at radius 3 is 2.69 bits per heavy atom. The van der Waals surface area contributed by atoms with Crippen LogP contribution in [0.25, 0.3) is 0 Å². The van der Waals surface area contributed by atoms with Crippen molar-refractivity contribution >= 4 is 29.1 Å². The molecule has 6 heteroatoms. The van der Waals surface area contributed by atoms with Gasteiger partial charge in [-0.3, -0.25) is 14.4 Å². The third-order valence-electron chi connectivity index (χ3n) is 5.62. The van der Waals surface area contributed by atoms with Gasteiger partial charge in [-0.05, 0) is 60.7 Å². The maximum Gasteiger partial charge on any atom is 0.251 e. The molecule has 1 fully saturated rings. The largest absolute Gasteiger partial charge is 0.348 e. The minimum absolute atomic E-state index is 0.0213. The van der Waals surface area contributed by atoms with Crippen molar-refractivity contribution in [3.8, 4) is 0 Å². The first kappa shape index (κ1) is 19.2. The fourth-order valence-electron chi connectivity index (χ4n) is 4.07. The van der Waals surface area contributed by atoms with Crippen LogP contribution in [0.15, 0.2) is 42.5 Å². The molecule has 1 N–H and O–H groups in total. The van der Waals surface area contributed by atoms with E-state index >= 15 is 0 Å². The molecule has 2 heterocycles. The Bertz CT molecular complexity index is 970. The molecular formula is C23H25N3O3. The van der Waals surface area contributed by atoms with Gasteiger partial charge in [0.05, 0.1) is 0 Å². The molecular weight excluding hydrogens is 366 g/mol. The van der Waals surface area contributed by atoms with Crippen LogP contribution in [0.3, 0.4) is 0 Å². The molecule has 0 bridgehead atoms. The summed E-state index contributed by atoms with van der Waals surface area (Å²) < 4.78 is 0. The summed E-state index contributed by atoms with van der Waals surface area (Å²) in [4.78, 5) is 40.0. The number of nitrogens with zero attached hydrogens (tertiary/aromatic N) is 2. The maximum absolute atomic E-state index is 12.6. The summed E-state index contributed by atoms with van der Waals surface area (Å²) in [6, 6.07) is 13.3. The third-order valence-corrected chi connectivity index (χ3v) is 5.62. The highest BCUT2D eigenvalue weighted by Crippen LogP contribution is 2.29. The van der Waals surface area contributed by atoms with Gasteiger partial charge in [0.25, 0.3) is 5.91 Å². The Morgan fingerprint density at radius 2 is 1.90 bits per heavy atom. The van der Waals surface area contributed by atoms with Gasteiger partial charge in [-0.2, -0.15) is 0 Å². The predicted molar refractivity (Wildman–Crippen MR) is 112 cm³/mol. The minimum atomic E-state index is -0.145. The number of rotatable bonds is 4. The third kappa shape index (κ3) is 4.01. The van der Waals surface area contributed by atoms with Gasteiger partial charge < -0.3 is 15.1 Å². The number of carbonyl (C=O) groups is 3. The smallest absolute Gasteiger partial charge is 0.251 e. The summed E-state index contributed by atoms with van der Waals surface area (Å²) in [7, 11) is 0. The van der Waals surface area contributed by atoms with Gasteiger partial charge in [0.1, 0.15) is 0 Å². The second-order valence-electron chi connectivity index (χ2n) is 7.62. The molecule has 29 heavy (non-hydrogen) atoms. The SMILES string of the molecule is CC(=O)N1CCc2cc(C(=O)NCc3cccc(N4CCCCC4=O)c3)ccc21. The van der Waals surface area contributed by atoms with Gasteiger partial charge in [0.2, 0.25) is 11.8 Å². The highest BCUT2D eigenvalue weighted by molar-refractivity contribution is 5.98. The fourth-order valence-corrected chi connectivity index (χ4v) is 4.07. The second kappa shape index (κ2) is 8.07. The Labute approximate surface area is 170 Å². The van der Waals surface area contributed by atoms with Crippen LogP contribution in [-0.4, -0.2) is 30.8 Å². The lowest BCUT2D eigenvalue weighted by atomic mass is 10.1. The topological polar surface area (TPSA) is 69.7 Å². The molecule has 0 unspecified atom stereocenters. The summed E-state index contributed by atoms with van der Waals surface area (Å²) in [5.74, 6) is 0.0386. The van der Waals surface area contributed by atoms with Gasteiger partial charge in [0.15, 0.2) is 0 Å². The van der Waals surface area contributed by atoms with E-state index < -0.39 is 0 Å². The van der Waals surface area contributed by atoms with E-state index in [4.69, 9.17) is 0 Å². The van der Waals surface area contributed by atoms with Crippen LogP contribution in [0.2, 0.25) is 0 Å². The highest BCUT2D eigenvalue weighted by Gasteiger charge is 2.23. The van der Waals surface area contributed by atoms with E-state index in [0.29, 0.717) is 25.1 Å². The van der Waals surface area contributed by atoms with E-state index in [1.54, 1.807) is 17.9 Å². The standard InChI is InChI=1S/C23H25N3O3/c1-16(27)25-12-10-18-14-19(8-9-21(18)25)23(29)24-15-17-5-4-6-20(13-17)26-11-3-2-7-22(26)28/h4-6,8-9,13-14H,2-3,7,10-12,15H2,1H3,(H,24,29). The van der Waals surface area contributed by atoms with Gasteiger partial charge in [-0.15, -0.1) is 0 Å². The number of anilines is 2. The van der Waals surface area contributed by atoms with Crippen molar-refractivity contribution in [2.24, 2.45) is 0 Å². The molecule has 4 rings (SSSR count). The van der Waals surface area contributed by atoms with Crippen molar-refractivity contribution in [3.05, 3.63) is 59.2 Å². The molecule has 0 saturated carbocycles. The van der Waals surface area contributed by atoms with Crippen molar-refractivity contribution in [3.63, 3.8) is 0 Å². The normalized spacial score (nSPS) is 16.0. The first-order valence-electron chi connectivity index (χ1n) is 10.1. The van der Waals surface area contributed by atoms with Gasteiger partial charge >= 0.3 is 0 Å². The van der Waals surface area contributed by atoms with E-state index in [-0.39, 0.29) is 17.7 Å². The van der Waals surface area contributed by atoms with Gasteiger partial charge in [-0.1, -0.05) is 12.1 Å². The number of piperidine rings is 1. The molecule has 0 aliphatic carbocycles. The Balaban J connectivity index is 1.42. The predicted octanol–water partition coefficient (Wildman–Crippen LogP) is 3.04. The fraction of sp³-hybridized carbons (Fsp3) is 0.348. The first-order valence-corrected chi connectivity index (χ1v) is 10.1. The van der Waals surface area contributed by atoms with Gasteiger partial charge in [-0.25, -0.2) is 0 Å². The molecule has 0 aromatic heterocycles. The lowest BCUT2D eigenvalue weighted by Crippen LogP contribution is -2.35. The molecule has 2 aromatic rings. The van der Waals surface area contributed by atoms with E-state index in [1.165, 1.54) is 0 Å². The highest BCUT2D eigenvalue weighted by atomic mass is 16.2. The van der Waals surface area contributed by atoms with Gasteiger partial charge in [0, 0.05) is 49.9 Å². The molecule has 0 spiro atoms. The van der Waals surface area contributed by atoms with Crippen molar-refractivity contribution in [1.82, 2.24) is 5.32 Å². The van der Waals surface area contributed by atoms with Crippen molar-refractivity contribution in [2.75, 3.05) is 22.9 Å². The number of benzene rings is 2. The summed E-state index contributed by atoms with van der Waals surface area (Å²) in [5, 5.41) is 2.96. The summed E-state index contributed by atoms with van der Waals surface area (Å²) in [5.41, 5.74) is 4.37. The van der Waals surface area contributed by atoms with E-state index in [0.717, 1.165) is 48.3 Å². The summed E-state index contributed by atoms with van der Waals surface area (Å²) in [6.07, 6.45) is 3.34. The lowest BCUT2D eigenvalue weighted by Gasteiger charge is -2.27. The van der Waals surface area contributed by atoms with Crippen molar-refractivity contribution < 1.29 is 14.4 Å². The molecule has 150 valence electrons. The Hall–Kier alpha value is -3.15. The van der Waals surface area contributed by atoms with Crippen LogP contribution in [0.4, 0.5) is 11.4 Å². The number of hydrogen-bond acceptors (Lipinski definition) is 3. The zero-order valence-electron chi connectivity index (χ0n) is 16.6. The molecule has 0 radical (unpaired) electrons. The minimum Gasteiger partial charge on any atom is -0.348 e. The van der Waals surface area contributed by atoms with Crippen LogP contribution in [0.5, 0.6) is 0 Å². The number of hydrogen-bond donors (Lipinski definition) is 1. The number of fused-ring (bicyclic) bond motifs is 1. The van der Waals surface area contributed by atoms with E-state index in [9.17, 15) is 14.4 Å². The number of amides is 3. The molecule has 6 nitrogen and oxygen atoms in total. The molecule has 2 aromatic carbocycles.